The molecule has 2 rings (SSSR count). The van der Waals surface area contributed by atoms with Gasteiger partial charge in [0.2, 0.25) is 5.88 Å². The number of Topliss-reactive ketones (excluding diaryl/α,β-unsaturated/α-hetero) is 1. The van der Waals surface area contributed by atoms with E-state index < -0.39 is 0 Å². The van der Waals surface area contributed by atoms with Gasteiger partial charge < -0.3 is 15.0 Å². The molecule has 0 bridgehead atoms. The molecule has 2 aromatic rings. The minimum absolute atomic E-state index is 0.0563. The number of ketones is 1. The lowest BCUT2D eigenvalue weighted by Crippen LogP contribution is -2.24. The molecule has 0 unspecified atom stereocenters. The molecule has 6 heteroatoms. The summed E-state index contributed by atoms with van der Waals surface area (Å²) in [5.41, 5.74) is 3.13. The van der Waals surface area contributed by atoms with Gasteiger partial charge in [-0.1, -0.05) is 6.07 Å². The highest BCUT2D eigenvalue weighted by Crippen LogP contribution is 2.19. The summed E-state index contributed by atoms with van der Waals surface area (Å²) in [5.74, 6) is 0.157. The summed E-state index contributed by atoms with van der Waals surface area (Å²) < 4.78 is 5.15. The Kier molecular flexibility index (Phi) is 4.60. The van der Waals surface area contributed by atoms with Crippen molar-refractivity contribution >= 4 is 11.7 Å². The van der Waals surface area contributed by atoms with Crippen molar-refractivity contribution in [3.63, 3.8) is 0 Å². The normalized spacial score (nSPS) is 10.4. The highest BCUT2D eigenvalue weighted by molar-refractivity contribution is 6.02. The number of pyridine rings is 1. The number of nitrogens with one attached hydrogen (secondary N) is 2. The zero-order valence-corrected chi connectivity index (χ0v) is 13.1. The minimum atomic E-state index is -0.265. The van der Waals surface area contributed by atoms with Crippen LogP contribution in [0.3, 0.4) is 0 Å². The molecule has 116 valence electrons. The van der Waals surface area contributed by atoms with Crippen LogP contribution in [-0.4, -0.2) is 28.8 Å². The second-order valence-electron chi connectivity index (χ2n) is 5.04. The number of aromatic amines is 1. The maximum absolute atomic E-state index is 12.3. The standard InChI is InChI=1S/C16H19N3O3/c1-9-13(11(3)20)10(2)19-14(9)15(21)18-8-12-6-5-7-17-16(12)22-4/h5-7,19H,8H2,1-4H3,(H,18,21). The molecule has 0 spiro atoms. The molecular weight excluding hydrogens is 282 g/mol. The number of carbonyl (C=O) groups excluding carboxylic acids is 2. The Morgan fingerprint density at radius 2 is 2.09 bits per heavy atom. The van der Waals surface area contributed by atoms with Gasteiger partial charge in [-0.3, -0.25) is 9.59 Å². The van der Waals surface area contributed by atoms with Crippen molar-refractivity contribution in [1.29, 1.82) is 0 Å². The van der Waals surface area contributed by atoms with Gasteiger partial charge in [-0.25, -0.2) is 4.98 Å². The Morgan fingerprint density at radius 1 is 1.36 bits per heavy atom. The molecule has 2 N–H and O–H groups in total. The lowest BCUT2D eigenvalue weighted by Gasteiger charge is -2.08. The van der Waals surface area contributed by atoms with Crippen LogP contribution in [0.15, 0.2) is 18.3 Å². The average Bonchev–Trinajstić information content (AvgIpc) is 2.80. The molecule has 6 nitrogen and oxygen atoms in total. The maximum Gasteiger partial charge on any atom is 0.268 e. The number of methoxy groups -OCH3 is 1. The summed E-state index contributed by atoms with van der Waals surface area (Å²) in [4.78, 5) is 31.0. The van der Waals surface area contributed by atoms with Crippen LogP contribution >= 0.6 is 0 Å². The second kappa shape index (κ2) is 6.43. The topological polar surface area (TPSA) is 84.1 Å². The van der Waals surface area contributed by atoms with Gasteiger partial charge in [0.05, 0.1) is 7.11 Å². The third kappa shape index (κ3) is 3.00. The van der Waals surface area contributed by atoms with Crippen molar-refractivity contribution in [3.8, 4) is 5.88 Å². The Morgan fingerprint density at radius 3 is 2.68 bits per heavy atom. The molecule has 0 aliphatic heterocycles. The molecule has 0 aliphatic rings. The number of rotatable bonds is 5. The summed E-state index contributed by atoms with van der Waals surface area (Å²) >= 11 is 0. The van der Waals surface area contributed by atoms with Crippen molar-refractivity contribution in [2.75, 3.05) is 7.11 Å². The molecule has 1 amide bonds. The third-order valence-corrected chi connectivity index (χ3v) is 3.50. The molecular formula is C16H19N3O3. The number of carbonyl (C=O) groups is 2. The third-order valence-electron chi connectivity index (χ3n) is 3.50. The van der Waals surface area contributed by atoms with E-state index in [9.17, 15) is 9.59 Å². The molecule has 0 aliphatic carbocycles. The van der Waals surface area contributed by atoms with E-state index >= 15 is 0 Å². The largest absolute Gasteiger partial charge is 0.481 e. The van der Waals surface area contributed by atoms with E-state index in [1.165, 1.54) is 14.0 Å². The zero-order valence-electron chi connectivity index (χ0n) is 13.1. The first kappa shape index (κ1) is 15.8. The number of amides is 1. The van der Waals surface area contributed by atoms with Crippen molar-refractivity contribution in [2.45, 2.75) is 27.3 Å². The number of hydrogen-bond donors (Lipinski definition) is 2. The monoisotopic (exact) mass is 301 g/mol. The number of nitrogens with zero attached hydrogens (tertiary/aromatic N) is 1. The first-order valence-corrected chi connectivity index (χ1v) is 6.91. The molecule has 0 atom stereocenters. The molecule has 0 saturated carbocycles. The lowest BCUT2D eigenvalue weighted by molar-refractivity contribution is 0.0945. The summed E-state index contributed by atoms with van der Waals surface area (Å²) in [6.07, 6.45) is 1.63. The Bertz CT molecular complexity index is 719. The van der Waals surface area contributed by atoms with Crippen LogP contribution in [0.2, 0.25) is 0 Å². The van der Waals surface area contributed by atoms with Gasteiger partial charge in [0.1, 0.15) is 5.69 Å². The van der Waals surface area contributed by atoms with Crippen molar-refractivity contribution in [2.24, 2.45) is 0 Å². The van der Waals surface area contributed by atoms with Crippen LogP contribution in [0, 0.1) is 13.8 Å². The smallest absolute Gasteiger partial charge is 0.268 e. The van der Waals surface area contributed by atoms with E-state index in [0.29, 0.717) is 34.9 Å². The SMILES string of the molecule is COc1ncccc1CNC(=O)c1[nH]c(C)c(C(C)=O)c1C. The Labute approximate surface area is 128 Å². The molecule has 0 saturated heterocycles. The van der Waals surface area contributed by atoms with Gasteiger partial charge in [0, 0.05) is 29.6 Å². The van der Waals surface area contributed by atoms with Gasteiger partial charge in [-0.15, -0.1) is 0 Å². The van der Waals surface area contributed by atoms with Crippen molar-refractivity contribution in [1.82, 2.24) is 15.3 Å². The van der Waals surface area contributed by atoms with E-state index in [0.717, 1.165) is 5.56 Å². The summed E-state index contributed by atoms with van der Waals surface area (Å²) in [5, 5.41) is 2.81. The molecule has 0 aromatic carbocycles. The maximum atomic E-state index is 12.3. The number of hydrogen-bond acceptors (Lipinski definition) is 4. The molecule has 2 heterocycles. The van der Waals surface area contributed by atoms with Gasteiger partial charge >= 0.3 is 0 Å². The van der Waals surface area contributed by atoms with Crippen molar-refractivity contribution in [3.05, 3.63) is 46.4 Å². The number of H-pyrrole nitrogens is 1. The number of ether oxygens (including phenoxy) is 1. The van der Waals surface area contributed by atoms with Crippen LogP contribution < -0.4 is 10.1 Å². The van der Waals surface area contributed by atoms with Gasteiger partial charge in [-0.2, -0.15) is 0 Å². The van der Waals surface area contributed by atoms with Gasteiger partial charge in [0.25, 0.3) is 5.91 Å². The predicted molar refractivity (Wildman–Crippen MR) is 82.2 cm³/mol. The van der Waals surface area contributed by atoms with Crippen LogP contribution in [0.25, 0.3) is 0 Å². The van der Waals surface area contributed by atoms with E-state index in [1.807, 2.05) is 6.07 Å². The van der Waals surface area contributed by atoms with E-state index in [-0.39, 0.29) is 11.7 Å². The van der Waals surface area contributed by atoms with Crippen LogP contribution in [0.5, 0.6) is 5.88 Å². The predicted octanol–water partition coefficient (Wildman–Crippen LogP) is 2.17. The number of aryl methyl sites for hydroxylation is 1. The van der Waals surface area contributed by atoms with Crippen LogP contribution in [-0.2, 0) is 6.54 Å². The Hall–Kier alpha value is -2.63. The quantitative estimate of drug-likeness (QED) is 0.829. The van der Waals surface area contributed by atoms with Gasteiger partial charge in [0.15, 0.2) is 5.78 Å². The highest BCUT2D eigenvalue weighted by Gasteiger charge is 2.19. The molecule has 22 heavy (non-hydrogen) atoms. The van der Waals surface area contributed by atoms with Crippen LogP contribution in [0.4, 0.5) is 0 Å². The first-order valence-electron chi connectivity index (χ1n) is 6.91. The number of aromatic nitrogens is 2. The van der Waals surface area contributed by atoms with E-state index in [1.54, 1.807) is 26.1 Å². The molecule has 0 radical (unpaired) electrons. The van der Waals surface area contributed by atoms with E-state index in [4.69, 9.17) is 4.74 Å². The summed E-state index contributed by atoms with van der Waals surface area (Å²) in [7, 11) is 1.53. The second-order valence-corrected chi connectivity index (χ2v) is 5.04. The zero-order chi connectivity index (χ0) is 16.3. The van der Waals surface area contributed by atoms with Crippen LogP contribution in [0.1, 0.15) is 44.6 Å². The average molecular weight is 301 g/mol. The molecule has 0 fully saturated rings. The summed E-state index contributed by atoms with van der Waals surface area (Å²) in [6, 6.07) is 3.61. The highest BCUT2D eigenvalue weighted by atomic mass is 16.5. The van der Waals surface area contributed by atoms with Crippen molar-refractivity contribution < 1.29 is 14.3 Å². The fourth-order valence-electron chi connectivity index (χ4n) is 2.51. The first-order chi connectivity index (χ1) is 10.5. The van der Waals surface area contributed by atoms with E-state index in [2.05, 4.69) is 15.3 Å². The minimum Gasteiger partial charge on any atom is -0.481 e. The molecule has 2 aromatic heterocycles. The fourth-order valence-corrected chi connectivity index (χ4v) is 2.51. The van der Waals surface area contributed by atoms with Gasteiger partial charge in [-0.05, 0) is 32.4 Å². The fraction of sp³-hybridized carbons (Fsp3) is 0.312. The Balaban J connectivity index is 2.17. The summed E-state index contributed by atoms with van der Waals surface area (Å²) in [6.45, 7) is 5.33. The lowest BCUT2D eigenvalue weighted by atomic mass is 10.1.